The number of aryl methyl sites for hydroxylation is 1. The second-order valence-electron chi connectivity index (χ2n) is 7.49. The number of aldehydes is 1. The van der Waals surface area contributed by atoms with Gasteiger partial charge in [0.05, 0.1) is 11.2 Å². The minimum Gasteiger partial charge on any atom is -0.371 e. The molecule has 4 rings (SSSR count). The second kappa shape index (κ2) is 7.60. The highest BCUT2D eigenvalue weighted by atomic mass is 16.1. The molecule has 0 N–H and O–H groups in total. The van der Waals surface area contributed by atoms with E-state index in [4.69, 9.17) is 0 Å². The van der Waals surface area contributed by atoms with Gasteiger partial charge in [0.1, 0.15) is 0 Å². The van der Waals surface area contributed by atoms with Crippen LogP contribution in [-0.4, -0.2) is 42.7 Å². The molecule has 138 valence electrons. The molecular weight excluding hydrogens is 324 g/mol. The molecule has 2 fully saturated rings. The Bertz CT molecular complexity index is 792. The standard InChI is InChI=1S/C21H28N4O/c1-2-18-17(15-26)21-19(23-22-18)13-16(24-9-5-3-6-10-24)14-20(21)25-11-7-4-8-12-25/h13-15H,2-12H2,1H3. The first-order chi connectivity index (χ1) is 12.8. The van der Waals surface area contributed by atoms with Crippen molar-refractivity contribution >= 4 is 28.6 Å². The lowest BCUT2D eigenvalue weighted by Gasteiger charge is -2.33. The minimum atomic E-state index is 0.725. The summed E-state index contributed by atoms with van der Waals surface area (Å²) in [4.78, 5) is 16.8. The zero-order valence-electron chi connectivity index (χ0n) is 15.7. The fraction of sp³-hybridized carbons (Fsp3) is 0.571. The van der Waals surface area contributed by atoms with Gasteiger partial charge in [0.15, 0.2) is 6.29 Å². The molecule has 1 aromatic carbocycles. The average Bonchev–Trinajstić information content (AvgIpc) is 2.73. The Kier molecular flexibility index (Phi) is 5.05. The van der Waals surface area contributed by atoms with E-state index in [1.54, 1.807) is 0 Å². The van der Waals surface area contributed by atoms with Crippen LogP contribution in [0.25, 0.3) is 10.9 Å². The summed E-state index contributed by atoms with van der Waals surface area (Å²) in [6.07, 6.45) is 9.23. The van der Waals surface area contributed by atoms with E-state index in [1.165, 1.54) is 49.9 Å². The summed E-state index contributed by atoms with van der Waals surface area (Å²) >= 11 is 0. The Hall–Kier alpha value is -2.17. The van der Waals surface area contributed by atoms with Gasteiger partial charge in [-0.2, -0.15) is 10.2 Å². The van der Waals surface area contributed by atoms with Crippen molar-refractivity contribution < 1.29 is 4.79 Å². The van der Waals surface area contributed by atoms with Gasteiger partial charge in [0.2, 0.25) is 0 Å². The Morgan fingerprint density at radius 1 is 0.923 bits per heavy atom. The highest BCUT2D eigenvalue weighted by Gasteiger charge is 2.22. The number of carbonyl (C=O) groups is 1. The third kappa shape index (κ3) is 3.15. The number of benzene rings is 1. The Labute approximate surface area is 155 Å². The number of nitrogens with zero attached hydrogens (tertiary/aromatic N) is 4. The Morgan fingerprint density at radius 3 is 2.19 bits per heavy atom. The first-order valence-electron chi connectivity index (χ1n) is 10.1. The van der Waals surface area contributed by atoms with Crippen LogP contribution in [0.5, 0.6) is 0 Å². The number of aromatic nitrogens is 2. The van der Waals surface area contributed by atoms with Crippen LogP contribution in [0.4, 0.5) is 11.4 Å². The average molecular weight is 352 g/mol. The van der Waals surface area contributed by atoms with Crippen LogP contribution in [0.3, 0.4) is 0 Å². The van der Waals surface area contributed by atoms with Crippen molar-refractivity contribution in [1.29, 1.82) is 0 Å². The quantitative estimate of drug-likeness (QED) is 0.779. The van der Waals surface area contributed by atoms with Gasteiger partial charge in [-0.1, -0.05) is 6.92 Å². The van der Waals surface area contributed by atoms with Gasteiger partial charge >= 0.3 is 0 Å². The summed E-state index contributed by atoms with van der Waals surface area (Å²) in [6, 6.07) is 4.43. The van der Waals surface area contributed by atoms with Crippen molar-refractivity contribution in [3.63, 3.8) is 0 Å². The minimum absolute atomic E-state index is 0.725. The maximum absolute atomic E-state index is 11.9. The van der Waals surface area contributed by atoms with E-state index < -0.39 is 0 Å². The molecule has 0 radical (unpaired) electrons. The molecule has 26 heavy (non-hydrogen) atoms. The third-order valence-electron chi connectivity index (χ3n) is 5.81. The van der Waals surface area contributed by atoms with Crippen LogP contribution in [0, 0.1) is 0 Å². The molecule has 0 saturated carbocycles. The molecule has 5 nitrogen and oxygen atoms in total. The molecule has 5 heteroatoms. The van der Waals surface area contributed by atoms with Gasteiger partial charge in [0.25, 0.3) is 0 Å². The molecule has 2 aliphatic rings. The number of carbonyl (C=O) groups excluding carboxylic acids is 1. The Morgan fingerprint density at radius 2 is 1.58 bits per heavy atom. The van der Waals surface area contributed by atoms with Crippen molar-refractivity contribution in [3.05, 3.63) is 23.4 Å². The van der Waals surface area contributed by atoms with Crippen molar-refractivity contribution in [1.82, 2.24) is 10.2 Å². The highest BCUT2D eigenvalue weighted by Crippen LogP contribution is 2.36. The molecule has 0 amide bonds. The van der Waals surface area contributed by atoms with Crippen LogP contribution >= 0.6 is 0 Å². The summed E-state index contributed by atoms with van der Waals surface area (Å²) in [6.45, 7) is 6.35. The molecule has 2 saturated heterocycles. The topological polar surface area (TPSA) is 49.3 Å². The number of anilines is 2. The third-order valence-corrected chi connectivity index (χ3v) is 5.81. The SMILES string of the molecule is CCc1nnc2cc(N3CCCCC3)cc(N3CCCCC3)c2c1C=O. The van der Waals surface area contributed by atoms with Crippen molar-refractivity contribution in [2.45, 2.75) is 51.9 Å². The summed E-state index contributed by atoms with van der Waals surface area (Å²) in [5.41, 5.74) is 4.79. The molecule has 1 aromatic heterocycles. The smallest absolute Gasteiger partial charge is 0.152 e. The summed E-state index contributed by atoms with van der Waals surface area (Å²) < 4.78 is 0. The van der Waals surface area contributed by atoms with Crippen LogP contribution in [0.1, 0.15) is 61.5 Å². The van der Waals surface area contributed by atoms with Gasteiger partial charge in [-0.3, -0.25) is 4.79 Å². The number of fused-ring (bicyclic) bond motifs is 1. The van der Waals surface area contributed by atoms with Crippen LogP contribution in [-0.2, 0) is 6.42 Å². The molecule has 0 atom stereocenters. The van der Waals surface area contributed by atoms with E-state index >= 15 is 0 Å². The van der Waals surface area contributed by atoms with E-state index in [0.717, 1.165) is 61.0 Å². The molecule has 0 aliphatic carbocycles. The first kappa shape index (κ1) is 17.3. The molecule has 2 aromatic rings. The number of hydrogen-bond acceptors (Lipinski definition) is 5. The molecule has 0 bridgehead atoms. The fourth-order valence-electron chi connectivity index (χ4n) is 4.37. The van der Waals surface area contributed by atoms with Gasteiger partial charge in [-0.25, -0.2) is 0 Å². The number of piperidine rings is 2. The second-order valence-corrected chi connectivity index (χ2v) is 7.49. The predicted molar refractivity (Wildman–Crippen MR) is 106 cm³/mol. The van der Waals surface area contributed by atoms with Crippen molar-refractivity contribution in [2.24, 2.45) is 0 Å². The van der Waals surface area contributed by atoms with Gasteiger partial charge < -0.3 is 9.80 Å². The number of rotatable bonds is 4. The number of hydrogen-bond donors (Lipinski definition) is 0. The van der Waals surface area contributed by atoms with E-state index in [9.17, 15) is 4.79 Å². The lowest BCUT2D eigenvalue weighted by Crippen LogP contribution is -2.32. The zero-order chi connectivity index (χ0) is 17.9. The summed E-state index contributed by atoms with van der Waals surface area (Å²) in [5.74, 6) is 0. The molecule has 3 heterocycles. The van der Waals surface area contributed by atoms with E-state index in [1.807, 2.05) is 6.92 Å². The van der Waals surface area contributed by atoms with Gasteiger partial charge in [0, 0.05) is 48.5 Å². The summed E-state index contributed by atoms with van der Waals surface area (Å²) in [5, 5.41) is 9.85. The molecule has 0 unspecified atom stereocenters. The van der Waals surface area contributed by atoms with Crippen LogP contribution in [0.2, 0.25) is 0 Å². The first-order valence-corrected chi connectivity index (χ1v) is 10.1. The lowest BCUT2D eigenvalue weighted by molar-refractivity contribution is 0.112. The Balaban J connectivity index is 1.90. The van der Waals surface area contributed by atoms with E-state index in [2.05, 4.69) is 32.1 Å². The normalized spacial score (nSPS) is 18.3. The van der Waals surface area contributed by atoms with E-state index in [-0.39, 0.29) is 0 Å². The summed E-state index contributed by atoms with van der Waals surface area (Å²) in [7, 11) is 0. The monoisotopic (exact) mass is 352 g/mol. The lowest BCUT2D eigenvalue weighted by atomic mass is 10.0. The van der Waals surface area contributed by atoms with Crippen molar-refractivity contribution in [3.8, 4) is 0 Å². The van der Waals surface area contributed by atoms with E-state index in [0.29, 0.717) is 0 Å². The van der Waals surface area contributed by atoms with Crippen LogP contribution in [0.15, 0.2) is 12.1 Å². The molecular formula is C21H28N4O. The van der Waals surface area contributed by atoms with Crippen LogP contribution < -0.4 is 9.80 Å². The maximum Gasteiger partial charge on any atom is 0.152 e. The molecule has 2 aliphatic heterocycles. The van der Waals surface area contributed by atoms with Gasteiger partial charge in [-0.15, -0.1) is 0 Å². The zero-order valence-corrected chi connectivity index (χ0v) is 15.7. The maximum atomic E-state index is 11.9. The molecule has 0 spiro atoms. The highest BCUT2D eigenvalue weighted by molar-refractivity contribution is 6.06. The van der Waals surface area contributed by atoms with Crippen molar-refractivity contribution in [2.75, 3.05) is 36.0 Å². The largest absolute Gasteiger partial charge is 0.371 e. The predicted octanol–water partition coefficient (Wildman–Crippen LogP) is 3.99. The van der Waals surface area contributed by atoms with Gasteiger partial charge in [-0.05, 0) is 57.1 Å². The fourth-order valence-corrected chi connectivity index (χ4v) is 4.37.